The SMILES string of the molecule is c1ccc(-c2ccc3c(c2)c2cc(-c4ccc(-c5nc(-c6ccccc6)nc(-c6ccc7oc8ccccc8c7c6)n5)cc4)ccc2c2c3nc3ccccn32)cc1. The summed E-state index contributed by atoms with van der Waals surface area (Å²) in [6.07, 6.45) is 2.11. The standard InChI is InChI=1S/C52H31N5O/c1-3-11-32(12-4-1)36-22-25-40-42(29-36)43-30-37(23-26-41(43)49-48(40)53-47-17-9-10-28-57(47)49)33-18-20-35(21-19-33)51-54-50(34-13-5-2-6-14-34)55-52(56-51)38-24-27-46-44(31-38)39-15-7-8-16-45(39)58-46/h1-31H. The van der Waals surface area contributed by atoms with Crippen molar-refractivity contribution in [2.75, 3.05) is 0 Å². The van der Waals surface area contributed by atoms with Gasteiger partial charge in [-0.05, 0) is 81.6 Å². The van der Waals surface area contributed by atoms with E-state index in [0.717, 1.165) is 71.8 Å². The molecule has 12 aromatic rings. The number of pyridine rings is 1. The number of hydrogen-bond donors (Lipinski definition) is 0. The van der Waals surface area contributed by atoms with Crippen molar-refractivity contribution >= 4 is 60.2 Å². The van der Waals surface area contributed by atoms with Crippen molar-refractivity contribution in [3.05, 3.63) is 188 Å². The Kier molecular flexibility index (Phi) is 7.13. The molecule has 12 rings (SSSR count). The normalized spacial score (nSPS) is 11.8. The van der Waals surface area contributed by atoms with E-state index in [9.17, 15) is 0 Å². The number of fused-ring (bicyclic) bond motifs is 11. The van der Waals surface area contributed by atoms with Gasteiger partial charge in [-0.15, -0.1) is 0 Å². The zero-order chi connectivity index (χ0) is 38.2. The summed E-state index contributed by atoms with van der Waals surface area (Å²) in [6, 6.07) is 63.2. The van der Waals surface area contributed by atoms with E-state index in [4.69, 9.17) is 24.4 Å². The molecule has 270 valence electrons. The Balaban J connectivity index is 0.993. The molecule has 4 aromatic heterocycles. The topological polar surface area (TPSA) is 69.1 Å². The van der Waals surface area contributed by atoms with E-state index in [1.54, 1.807) is 0 Å². The van der Waals surface area contributed by atoms with Crippen LogP contribution in [0.1, 0.15) is 0 Å². The highest BCUT2D eigenvalue weighted by Gasteiger charge is 2.18. The third kappa shape index (κ3) is 5.20. The Hall–Kier alpha value is -7.96. The van der Waals surface area contributed by atoms with Crippen LogP contribution in [-0.2, 0) is 0 Å². The van der Waals surface area contributed by atoms with Crippen LogP contribution in [0.4, 0.5) is 0 Å². The molecule has 0 unspecified atom stereocenters. The number of rotatable bonds is 5. The Labute approximate surface area is 332 Å². The third-order valence-electron chi connectivity index (χ3n) is 11.3. The van der Waals surface area contributed by atoms with Gasteiger partial charge in [-0.25, -0.2) is 19.9 Å². The van der Waals surface area contributed by atoms with Gasteiger partial charge in [-0.3, -0.25) is 4.40 Å². The molecule has 4 heterocycles. The molecule has 0 N–H and O–H groups in total. The Morgan fingerprint density at radius 3 is 1.60 bits per heavy atom. The minimum absolute atomic E-state index is 0.607. The van der Waals surface area contributed by atoms with Crippen LogP contribution in [-0.4, -0.2) is 24.3 Å². The second kappa shape index (κ2) is 12.8. The average Bonchev–Trinajstić information content (AvgIpc) is 3.88. The molecular formula is C52H31N5O. The van der Waals surface area contributed by atoms with Gasteiger partial charge in [0.1, 0.15) is 16.8 Å². The number of nitrogens with zero attached hydrogens (tertiary/aromatic N) is 5. The van der Waals surface area contributed by atoms with Crippen LogP contribution in [0.15, 0.2) is 193 Å². The molecule has 0 aliphatic rings. The fraction of sp³-hybridized carbons (Fsp3) is 0. The van der Waals surface area contributed by atoms with Crippen LogP contribution in [0.25, 0.3) is 117 Å². The molecular weight excluding hydrogens is 711 g/mol. The molecule has 0 aliphatic carbocycles. The van der Waals surface area contributed by atoms with Crippen molar-refractivity contribution in [1.82, 2.24) is 24.3 Å². The maximum Gasteiger partial charge on any atom is 0.164 e. The van der Waals surface area contributed by atoms with Gasteiger partial charge in [0.2, 0.25) is 0 Å². The van der Waals surface area contributed by atoms with Gasteiger partial charge in [0, 0.05) is 44.4 Å². The van der Waals surface area contributed by atoms with Crippen LogP contribution in [0.5, 0.6) is 0 Å². The average molecular weight is 742 g/mol. The lowest BCUT2D eigenvalue weighted by atomic mass is 9.93. The fourth-order valence-corrected chi connectivity index (χ4v) is 8.41. The van der Waals surface area contributed by atoms with Crippen LogP contribution >= 0.6 is 0 Å². The summed E-state index contributed by atoms with van der Waals surface area (Å²) < 4.78 is 8.33. The predicted molar refractivity (Wildman–Crippen MR) is 236 cm³/mol. The molecule has 0 aliphatic heterocycles. The number of aromatic nitrogens is 5. The van der Waals surface area contributed by atoms with Crippen molar-refractivity contribution < 1.29 is 4.42 Å². The molecule has 6 heteroatoms. The first-order chi connectivity index (χ1) is 28.7. The zero-order valence-electron chi connectivity index (χ0n) is 31.0. The van der Waals surface area contributed by atoms with E-state index < -0.39 is 0 Å². The summed E-state index contributed by atoms with van der Waals surface area (Å²) in [6.45, 7) is 0. The first-order valence-corrected chi connectivity index (χ1v) is 19.4. The highest BCUT2D eigenvalue weighted by molar-refractivity contribution is 6.25. The predicted octanol–water partition coefficient (Wildman–Crippen LogP) is 13.2. The lowest BCUT2D eigenvalue weighted by Gasteiger charge is -2.12. The summed E-state index contributed by atoms with van der Waals surface area (Å²) in [5.41, 5.74) is 12.1. The van der Waals surface area contributed by atoms with Crippen LogP contribution in [0.2, 0.25) is 0 Å². The first-order valence-electron chi connectivity index (χ1n) is 19.4. The maximum absolute atomic E-state index is 6.12. The number of furan rings is 1. The first kappa shape index (κ1) is 32.3. The van der Waals surface area contributed by atoms with Crippen LogP contribution < -0.4 is 0 Å². The summed E-state index contributed by atoms with van der Waals surface area (Å²) in [4.78, 5) is 20.2. The van der Waals surface area contributed by atoms with Crippen LogP contribution in [0, 0.1) is 0 Å². The quantitative estimate of drug-likeness (QED) is 0.164. The van der Waals surface area contributed by atoms with E-state index in [2.05, 4.69) is 126 Å². The zero-order valence-corrected chi connectivity index (χ0v) is 31.0. The van der Waals surface area contributed by atoms with E-state index in [1.165, 1.54) is 27.3 Å². The van der Waals surface area contributed by atoms with Crippen LogP contribution in [0.3, 0.4) is 0 Å². The number of hydrogen-bond acceptors (Lipinski definition) is 5. The molecule has 58 heavy (non-hydrogen) atoms. The summed E-state index contributed by atoms with van der Waals surface area (Å²) in [7, 11) is 0. The van der Waals surface area contributed by atoms with Crippen molar-refractivity contribution in [3.63, 3.8) is 0 Å². The van der Waals surface area contributed by atoms with Gasteiger partial charge in [0.15, 0.2) is 17.5 Å². The monoisotopic (exact) mass is 741 g/mol. The largest absolute Gasteiger partial charge is 0.456 e. The molecule has 8 aromatic carbocycles. The van der Waals surface area contributed by atoms with E-state index >= 15 is 0 Å². The van der Waals surface area contributed by atoms with Gasteiger partial charge in [0.05, 0.1) is 11.0 Å². The molecule has 0 radical (unpaired) electrons. The van der Waals surface area contributed by atoms with E-state index in [1.807, 2.05) is 66.7 Å². The van der Waals surface area contributed by atoms with Gasteiger partial charge in [-0.1, -0.05) is 133 Å². The summed E-state index contributed by atoms with van der Waals surface area (Å²) >= 11 is 0. The second-order valence-electron chi connectivity index (χ2n) is 14.7. The molecule has 0 fully saturated rings. The van der Waals surface area contributed by atoms with Gasteiger partial charge < -0.3 is 4.42 Å². The highest BCUT2D eigenvalue weighted by atomic mass is 16.3. The van der Waals surface area contributed by atoms with E-state index in [-0.39, 0.29) is 0 Å². The molecule has 0 saturated heterocycles. The Morgan fingerprint density at radius 2 is 0.845 bits per heavy atom. The molecule has 6 nitrogen and oxygen atoms in total. The highest BCUT2D eigenvalue weighted by Crippen LogP contribution is 2.40. The Bertz CT molecular complexity index is 3550. The fourth-order valence-electron chi connectivity index (χ4n) is 8.41. The van der Waals surface area contributed by atoms with Gasteiger partial charge >= 0.3 is 0 Å². The third-order valence-corrected chi connectivity index (χ3v) is 11.3. The molecule has 0 saturated carbocycles. The Morgan fingerprint density at radius 1 is 0.328 bits per heavy atom. The van der Waals surface area contributed by atoms with Crippen molar-refractivity contribution in [1.29, 1.82) is 0 Å². The lowest BCUT2D eigenvalue weighted by molar-refractivity contribution is 0.669. The number of para-hydroxylation sites is 1. The summed E-state index contributed by atoms with van der Waals surface area (Å²) in [5.74, 6) is 1.84. The molecule has 0 amide bonds. The summed E-state index contributed by atoms with van der Waals surface area (Å²) in [5, 5.41) is 6.76. The number of imidazole rings is 1. The molecule has 0 atom stereocenters. The van der Waals surface area contributed by atoms with Crippen molar-refractivity contribution in [2.45, 2.75) is 0 Å². The minimum atomic E-state index is 0.607. The van der Waals surface area contributed by atoms with Crippen molar-refractivity contribution in [2.24, 2.45) is 0 Å². The van der Waals surface area contributed by atoms with E-state index in [0.29, 0.717) is 17.5 Å². The maximum atomic E-state index is 6.12. The smallest absolute Gasteiger partial charge is 0.164 e. The van der Waals surface area contributed by atoms with Gasteiger partial charge in [-0.2, -0.15) is 0 Å². The molecule has 0 spiro atoms. The van der Waals surface area contributed by atoms with Gasteiger partial charge in [0.25, 0.3) is 0 Å². The minimum Gasteiger partial charge on any atom is -0.456 e. The lowest BCUT2D eigenvalue weighted by Crippen LogP contribution is -2.00. The molecule has 0 bridgehead atoms. The van der Waals surface area contributed by atoms with Crippen molar-refractivity contribution in [3.8, 4) is 56.4 Å². The number of benzene rings is 8. The second-order valence-corrected chi connectivity index (χ2v) is 14.7.